The van der Waals surface area contributed by atoms with E-state index in [2.05, 4.69) is 0 Å². The molecule has 1 atom stereocenters. The third-order valence-corrected chi connectivity index (χ3v) is 8.61. The number of rotatable bonds is 9. The topological polar surface area (TPSA) is 137 Å². The highest BCUT2D eigenvalue weighted by Gasteiger charge is 2.33. The molecule has 0 spiro atoms. The van der Waals surface area contributed by atoms with Gasteiger partial charge >= 0.3 is 0 Å². The molecule has 2 heterocycles. The van der Waals surface area contributed by atoms with Crippen LogP contribution in [0.15, 0.2) is 121 Å². The molecule has 12 heteroatoms. The van der Waals surface area contributed by atoms with Gasteiger partial charge in [-0.3, -0.25) is 9.45 Å². The number of nitrogens with zero attached hydrogens (tertiary/aromatic N) is 2. The molecule has 45 heavy (non-hydrogen) atoms. The Bertz CT molecular complexity index is 2010. The Morgan fingerprint density at radius 2 is 1.38 bits per heavy atom. The van der Waals surface area contributed by atoms with Gasteiger partial charge in [0.05, 0.1) is 11.4 Å². The van der Waals surface area contributed by atoms with Crippen LogP contribution in [0.5, 0.6) is 11.5 Å². The minimum Gasteiger partial charge on any atom is -0.747 e. The summed E-state index contributed by atoms with van der Waals surface area (Å²) in [4.78, 5) is 2.74. The van der Waals surface area contributed by atoms with E-state index in [1.165, 1.54) is 9.80 Å². The van der Waals surface area contributed by atoms with Crippen LogP contribution in [-0.4, -0.2) is 43.9 Å². The van der Waals surface area contributed by atoms with Crippen molar-refractivity contribution in [1.29, 1.82) is 0 Å². The summed E-state index contributed by atoms with van der Waals surface area (Å²) in [6.07, 6.45) is 2.74. The van der Waals surface area contributed by atoms with Crippen LogP contribution in [0.2, 0.25) is 0 Å². The Kier molecular flexibility index (Phi) is 8.14. The van der Waals surface area contributed by atoms with Gasteiger partial charge in [-0.05, 0) is 64.6 Å². The molecule has 4 aromatic carbocycles. The number of anilines is 2. The molecule has 2 aliphatic heterocycles. The normalized spacial score (nSPS) is 17.2. The van der Waals surface area contributed by atoms with Gasteiger partial charge in [-0.15, -0.1) is 0 Å². The van der Waals surface area contributed by atoms with E-state index in [9.17, 15) is 25.9 Å². The Balaban J connectivity index is 1.36. The highest BCUT2D eigenvalue weighted by molar-refractivity contribution is 7.86. The van der Waals surface area contributed by atoms with E-state index in [4.69, 9.17) is 9.47 Å². The molecular formula is C33H29N2O8S2-. The fourth-order valence-electron chi connectivity index (χ4n) is 5.34. The number of allylic oxidation sites excluding steroid dienone is 2. The lowest BCUT2D eigenvalue weighted by Crippen LogP contribution is -2.37. The first-order valence-corrected chi connectivity index (χ1v) is 17.2. The lowest BCUT2D eigenvalue weighted by molar-refractivity contribution is 0.275. The van der Waals surface area contributed by atoms with E-state index < -0.39 is 38.2 Å². The van der Waals surface area contributed by atoms with Gasteiger partial charge in [0.1, 0.15) is 21.7 Å². The van der Waals surface area contributed by atoms with Gasteiger partial charge in [0.2, 0.25) is 5.88 Å². The van der Waals surface area contributed by atoms with Crippen molar-refractivity contribution in [2.24, 2.45) is 0 Å². The molecule has 0 bridgehead atoms. The summed E-state index contributed by atoms with van der Waals surface area (Å²) in [6.45, 7) is 1.86. The maximum Gasteiger partial charge on any atom is 0.283 e. The summed E-state index contributed by atoms with van der Waals surface area (Å²) >= 11 is 0. The summed E-state index contributed by atoms with van der Waals surface area (Å²) in [5.74, 6) is -0.627. The monoisotopic (exact) mass is 645 g/mol. The molecule has 6 rings (SSSR count). The van der Waals surface area contributed by atoms with Crippen molar-refractivity contribution in [3.8, 4) is 33.8 Å². The van der Waals surface area contributed by atoms with Crippen molar-refractivity contribution in [2.75, 3.05) is 21.6 Å². The molecule has 232 valence electrons. The first kappa shape index (κ1) is 30.4. The molecule has 0 saturated heterocycles. The third kappa shape index (κ3) is 6.89. The molecule has 0 saturated carbocycles. The van der Waals surface area contributed by atoms with Crippen molar-refractivity contribution < 1.29 is 35.4 Å². The zero-order chi connectivity index (χ0) is 31.8. The molecule has 2 aliphatic rings. The van der Waals surface area contributed by atoms with Crippen LogP contribution >= 0.6 is 0 Å². The highest BCUT2D eigenvalue weighted by Crippen LogP contribution is 2.43. The number of hydrogen-bond acceptors (Lipinski definition) is 9. The average molecular weight is 646 g/mol. The number of hydrogen-bond donors (Lipinski definition) is 1. The SMILES string of the molecule is CCC(=C/C1Oc2ccc(-c3ccccc3)cc2N1CS(=O)(=O)[O-])/C=C1\Oc2ccc(-c3ccccc3)cc2N1CS(=O)(=O)O. The molecular weight excluding hydrogens is 617 g/mol. The van der Waals surface area contributed by atoms with E-state index >= 15 is 0 Å². The first-order valence-electron chi connectivity index (χ1n) is 14.1. The second-order valence-electron chi connectivity index (χ2n) is 10.6. The van der Waals surface area contributed by atoms with Gasteiger partial charge in [0.25, 0.3) is 10.1 Å². The molecule has 0 radical (unpaired) electrons. The minimum absolute atomic E-state index is 0.144. The minimum atomic E-state index is -4.69. The molecule has 4 aromatic rings. The maximum atomic E-state index is 12.1. The van der Waals surface area contributed by atoms with Gasteiger partial charge in [0.15, 0.2) is 17.9 Å². The van der Waals surface area contributed by atoms with Gasteiger partial charge in [-0.2, -0.15) is 8.42 Å². The second kappa shape index (κ2) is 12.1. The lowest BCUT2D eigenvalue weighted by atomic mass is 10.0. The number of fused-ring (bicyclic) bond motifs is 2. The second-order valence-corrected chi connectivity index (χ2v) is 13.4. The molecule has 1 unspecified atom stereocenters. The third-order valence-electron chi connectivity index (χ3n) is 7.43. The van der Waals surface area contributed by atoms with Gasteiger partial charge in [0, 0.05) is 6.08 Å². The molecule has 0 aliphatic carbocycles. The van der Waals surface area contributed by atoms with Crippen LogP contribution in [0.25, 0.3) is 22.3 Å². The molecule has 10 nitrogen and oxygen atoms in total. The molecule has 0 aromatic heterocycles. The van der Waals surface area contributed by atoms with Crippen LogP contribution < -0.4 is 19.3 Å². The predicted molar refractivity (Wildman–Crippen MR) is 171 cm³/mol. The summed E-state index contributed by atoms with van der Waals surface area (Å²) < 4.78 is 82.0. The van der Waals surface area contributed by atoms with Crippen molar-refractivity contribution in [1.82, 2.24) is 0 Å². The molecule has 1 N–H and O–H groups in total. The van der Waals surface area contributed by atoms with E-state index in [1.54, 1.807) is 36.4 Å². The molecule has 0 fully saturated rings. The van der Waals surface area contributed by atoms with Crippen molar-refractivity contribution in [3.63, 3.8) is 0 Å². The smallest absolute Gasteiger partial charge is 0.283 e. The molecule has 0 amide bonds. The fraction of sp³-hybridized carbons (Fsp3) is 0.152. The Morgan fingerprint density at radius 1 is 0.800 bits per heavy atom. The Hall–Kier alpha value is -4.62. The average Bonchev–Trinajstić information content (AvgIpc) is 3.51. The lowest BCUT2D eigenvalue weighted by Gasteiger charge is -2.25. The van der Waals surface area contributed by atoms with E-state index in [0.29, 0.717) is 34.9 Å². The fourth-order valence-corrected chi connectivity index (χ4v) is 6.56. The van der Waals surface area contributed by atoms with Crippen molar-refractivity contribution in [3.05, 3.63) is 121 Å². The largest absolute Gasteiger partial charge is 0.747 e. The van der Waals surface area contributed by atoms with Crippen LogP contribution in [0.1, 0.15) is 13.3 Å². The zero-order valence-electron chi connectivity index (χ0n) is 24.1. The van der Waals surface area contributed by atoms with Crippen LogP contribution in [0.4, 0.5) is 11.4 Å². The standard InChI is InChI=1S/C33H30N2O8S2/c1-2-23(17-32-34(21-44(36,37)38)28-19-26(13-15-30(28)42-32)24-9-5-3-6-10-24)18-33-35(22-45(39,40)41)29-20-27(14-16-31(29)43-33)25-11-7-4-8-12-25/h3-20,32H,2,21-22H2,1H3,(H,36,37,38)(H,39,40,41)/p-1/b23-17-,33-18-. The number of benzene rings is 4. The Labute approximate surface area is 262 Å². The van der Waals surface area contributed by atoms with Crippen LogP contribution in [0.3, 0.4) is 0 Å². The Morgan fingerprint density at radius 3 is 1.93 bits per heavy atom. The van der Waals surface area contributed by atoms with Crippen molar-refractivity contribution in [2.45, 2.75) is 19.6 Å². The predicted octanol–water partition coefficient (Wildman–Crippen LogP) is 5.97. The first-order chi connectivity index (χ1) is 21.5. The highest BCUT2D eigenvalue weighted by atomic mass is 32.2. The summed E-state index contributed by atoms with van der Waals surface area (Å²) in [7, 11) is -9.16. The zero-order valence-corrected chi connectivity index (χ0v) is 25.7. The van der Waals surface area contributed by atoms with Crippen molar-refractivity contribution >= 4 is 31.6 Å². The van der Waals surface area contributed by atoms with E-state index in [-0.39, 0.29) is 5.88 Å². The van der Waals surface area contributed by atoms with E-state index in [1.807, 2.05) is 79.7 Å². The summed E-state index contributed by atoms with van der Waals surface area (Å²) in [6, 6.07) is 29.8. The summed E-state index contributed by atoms with van der Waals surface area (Å²) in [5.41, 5.74) is 4.99. The quantitative estimate of drug-likeness (QED) is 0.217. The number of ether oxygens (including phenoxy) is 2. The van der Waals surface area contributed by atoms with Gasteiger partial charge in [-0.25, -0.2) is 8.42 Å². The summed E-state index contributed by atoms with van der Waals surface area (Å²) in [5, 5.41) is 0. The van der Waals surface area contributed by atoms with Gasteiger partial charge in [-0.1, -0.05) is 79.7 Å². The van der Waals surface area contributed by atoms with E-state index in [0.717, 1.165) is 22.3 Å². The van der Waals surface area contributed by atoms with Gasteiger partial charge < -0.3 is 18.9 Å². The van der Waals surface area contributed by atoms with Crippen LogP contribution in [0, 0.1) is 0 Å². The van der Waals surface area contributed by atoms with Crippen LogP contribution in [-0.2, 0) is 20.2 Å². The maximum absolute atomic E-state index is 12.1.